The molecule has 0 amide bonds. The second-order valence-corrected chi connectivity index (χ2v) is 6.35. The van der Waals surface area contributed by atoms with E-state index >= 15 is 0 Å². The number of carboxylic acid groups (broad SMARTS) is 2. The molecule has 0 unspecified atom stereocenters. The molecule has 8 heteroatoms. The van der Waals surface area contributed by atoms with Crippen molar-refractivity contribution in [3.8, 4) is 11.5 Å². The maximum Gasteiger partial charge on any atom is 0.328 e. The van der Waals surface area contributed by atoms with Gasteiger partial charge in [-0.1, -0.05) is 30.0 Å². The first-order valence-corrected chi connectivity index (χ1v) is 8.99. The van der Waals surface area contributed by atoms with Gasteiger partial charge < -0.3 is 25.0 Å². The molecular formula is C20H23NO6S. The molecule has 0 aliphatic carbocycles. The number of ether oxygens (including phenoxy) is 2. The van der Waals surface area contributed by atoms with Crippen LogP contribution in [0, 0.1) is 0 Å². The van der Waals surface area contributed by atoms with E-state index in [4.69, 9.17) is 19.7 Å². The molecule has 0 aliphatic heterocycles. The first kappa shape index (κ1) is 23.1. The summed E-state index contributed by atoms with van der Waals surface area (Å²) < 4.78 is 10.7. The first-order chi connectivity index (χ1) is 13.4. The van der Waals surface area contributed by atoms with Gasteiger partial charge in [-0.25, -0.2) is 9.59 Å². The van der Waals surface area contributed by atoms with Crippen LogP contribution >= 0.6 is 11.8 Å². The maximum absolute atomic E-state index is 9.55. The molecule has 2 aromatic carbocycles. The number of aliphatic carboxylic acids is 2. The normalized spacial score (nSPS) is 10.1. The molecular weight excluding hydrogens is 382 g/mol. The number of hydrogen-bond donors (Lipinski definition) is 3. The fourth-order valence-electron chi connectivity index (χ4n) is 2.06. The second kappa shape index (κ2) is 12.4. The smallest absolute Gasteiger partial charge is 0.328 e. The van der Waals surface area contributed by atoms with Crippen LogP contribution in [0.15, 0.2) is 64.4 Å². The van der Waals surface area contributed by atoms with Crippen molar-refractivity contribution in [2.24, 2.45) is 0 Å². The fourth-order valence-corrected chi connectivity index (χ4v) is 3.15. The Balaban J connectivity index is 0.000000416. The number of methoxy groups -OCH3 is 2. The van der Waals surface area contributed by atoms with Gasteiger partial charge >= 0.3 is 11.9 Å². The summed E-state index contributed by atoms with van der Waals surface area (Å²) in [4.78, 5) is 21.4. The summed E-state index contributed by atoms with van der Waals surface area (Å²) in [5.41, 5.74) is 1.27. The predicted molar refractivity (Wildman–Crippen MR) is 107 cm³/mol. The number of rotatable bonds is 8. The van der Waals surface area contributed by atoms with Crippen LogP contribution in [0.2, 0.25) is 0 Å². The van der Waals surface area contributed by atoms with Gasteiger partial charge in [-0.2, -0.15) is 0 Å². The lowest BCUT2D eigenvalue weighted by Gasteiger charge is -2.12. The summed E-state index contributed by atoms with van der Waals surface area (Å²) in [6, 6.07) is 14.2. The predicted octanol–water partition coefficient (Wildman–Crippen LogP) is 3.29. The topological polar surface area (TPSA) is 105 Å². The molecule has 0 aromatic heterocycles. The van der Waals surface area contributed by atoms with Crippen molar-refractivity contribution < 1.29 is 29.3 Å². The van der Waals surface area contributed by atoms with Gasteiger partial charge in [0.25, 0.3) is 0 Å². The highest BCUT2D eigenvalue weighted by Gasteiger charge is 2.09. The van der Waals surface area contributed by atoms with E-state index in [0.717, 1.165) is 22.9 Å². The lowest BCUT2D eigenvalue weighted by atomic mass is 10.2. The Hall–Kier alpha value is -2.97. The van der Waals surface area contributed by atoms with Crippen LogP contribution in [0.4, 0.5) is 0 Å². The van der Waals surface area contributed by atoms with Crippen molar-refractivity contribution in [2.75, 3.05) is 21.3 Å². The third kappa shape index (κ3) is 8.15. The van der Waals surface area contributed by atoms with Gasteiger partial charge in [0.15, 0.2) is 0 Å². The summed E-state index contributed by atoms with van der Waals surface area (Å²) in [7, 11) is 5.31. The highest BCUT2D eigenvalue weighted by atomic mass is 32.2. The zero-order chi connectivity index (χ0) is 20.9. The lowest BCUT2D eigenvalue weighted by Crippen LogP contribution is -2.05. The summed E-state index contributed by atoms with van der Waals surface area (Å²) in [6.07, 6.45) is 1.12. The molecule has 3 N–H and O–H groups in total. The average Bonchev–Trinajstić information content (AvgIpc) is 2.68. The Morgan fingerprint density at radius 3 is 2.18 bits per heavy atom. The number of benzene rings is 2. The summed E-state index contributed by atoms with van der Waals surface area (Å²) in [6.45, 7) is 0.843. The van der Waals surface area contributed by atoms with Gasteiger partial charge in [0.1, 0.15) is 11.5 Å². The first-order valence-electron chi connectivity index (χ1n) is 8.17. The summed E-state index contributed by atoms with van der Waals surface area (Å²) in [5, 5.41) is 18.8. The van der Waals surface area contributed by atoms with Gasteiger partial charge in [0, 0.05) is 23.6 Å². The minimum Gasteiger partial charge on any atom is -0.497 e. The molecule has 150 valence electrons. The molecule has 28 heavy (non-hydrogen) atoms. The highest BCUT2D eigenvalue weighted by molar-refractivity contribution is 7.99. The van der Waals surface area contributed by atoms with E-state index in [1.165, 1.54) is 10.5 Å². The largest absolute Gasteiger partial charge is 0.497 e. The lowest BCUT2D eigenvalue weighted by molar-refractivity contribution is -0.134. The maximum atomic E-state index is 9.55. The molecule has 0 radical (unpaired) electrons. The van der Waals surface area contributed by atoms with Crippen molar-refractivity contribution in [3.63, 3.8) is 0 Å². The number of hydrogen-bond acceptors (Lipinski definition) is 6. The van der Waals surface area contributed by atoms with E-state index in [1.807, 2.05) is 31.3 Å². The fraction of sp³-hybridized carbons (Fsp3) is 0.200. The van der Waals surface area contributed by atoms with Crippen LogP contribution in [-0.4, -0.2) is 43.4 Å². The summed E-state index contributed by atoms with van der Waals surface area (Å²) in [5.74, 6) is -0.825. The molecule has 0 aliphatic rings. The van der Waals surface area contributed by atoms with E-state index in [0.29, 0.717) is 12.2 Å². The van der Waals surface area contributed by atoms with Gasteiger partial charge in [0.2, 0.25) is 0 Å². The minimum absolute atomic E-state index is 0.558. The zero-order valence-electron chi connectivity index (χ0n) is 15.8. The Bertz CT molecular complexity index is 806. The molecule has 0 saturated heterocycles. The minimum atomic E-state index is -1.26. The molecule has 7 nitrogen and oxygen atoms in total. The third-order valence-corrected chi connectivity index (χ3v) is 4.46. The van der Waals surface area contributed by atoms with Crippen LogP contribution in [0.25, 0.3) is 0 Å². The molecule has 0 heterocycles. The van der Waals surface area contributed by atoms with Crippen LogP contribution in [-0.2, 0) is 16.1 Å². The highest BCUT2D eigenvalue weighted by Crippen LogP contribution is 2.38. The van der Waals surface area contributed by atoms with E-state index in [9.17, 15) is 9.59 Å². The van der Waals surface area contributed by atoms with Gasteiger partial charge in [0.05, 0.1) is 19.1 Å². The molecule has 2 rings (SSSR count). The zero-order valence-corrected chi connectivity index (χ0v) is 16.7. The molecule has 2 aromatic rings. The molecule has 0 saturated carbocycles. The molecule has 0 spiro atoms. The van der Waals surface area contributed by atoms with Crippen molar-refractivity contribution in [2.45, 2.75) is 16.3 Å². The molecule has 0 bridgehead atoms. The Morgan fingerprint density at radius 2 is 1.64 bits per heavy atom. The van der Waals surface area contributed by atoms with E-state index in [1.54, 1.807) is 26.0 Å². The van der Waals surface area contributed by atoms with E-state index in [-0.39, 0.29) is 0 Å². The summed E-state index contributed by atoms with van der Waals surface area (Å²) >= 11 is 1.69. The quantitative estimate of drug-likeness (QED) is 0.575. The van der Waals surface area contributed by atoms with Crippen molar-refractivity contribution >= 4 is 23.7 Å². The van der Waals surface area contributed by atoms with Crippen LogP contribution in [0.1, 0.15) is 5.56 Å². The van der Waals surface area contributed by atoms with E-state index < -0.39 is 11.9 Å². The average molecular weight is 405 g/mol. The van der Waals surface area contributed by atoms with Crippen LogP contribution < -0.4 is 14.8 Å². The van der Waals surface area contributed by atoms with Crippen molar-refractivity contribution in [1.82, 2.24) is 5.32 Å². The van der Waals surface area contributed by atoms with Gasteiger partial charge in [-0.3, -0.25) is 0 Å². The number of carbonyl (C=O) groups is 2. The number of nitrogens with one attached hydrogen (secondary N) is 1. The SMILES string of the molecule is CNCc1ccccc1Sc1cc(OC)ccc1OC.O=C(O)/C=C/C(=O)O. The second-order valence-electron chi connectivity index (χ2n) is 5.27. The third-order valence-electron chi connectivity index (χ3n) is 3.30. The van der Waals surface area contributed by atoms with Crippen LogP contribution in [0.3, 0.4) is 0 Å². The Morgan fingerprint density at radius 1 is 1.00 bits per heavy atom. The Labute approximate surface area is 168 Å². The monoisotopic (exact) mass is 405 g/mol. The van der Waals surface area contributed by atoms with Crippen molar-refractivity contribution in [3.05, 3.63) is 60.2 Å². The van der Waals surface area contributed by atoms with E-state index in [2.05, 4.69) is 23.5 Å². The molecule has 0 atom stereocenters. The van der Waals surface area contributed by atoms with Crippen LogP contribution in [0.5, 0.6) is 11.5 Å². The standard InChI is InChI=1S/C16H19NO2S.C4H4O4/c1-17-11-12-6-4-5-7-15(12)20-16-10-13(18-2)8-9-14(16)19-3;5-3(6)1-2-4(7)8/h4-10,17H,11H2,1-3H3;1-2H,(H,5,6)(H,7,8)/b;2-1+. The number of carboxylic acids is 2. The Kier molecular flexibility index (Phi) is 10.2. The van der Waals surface area contributed by atoms with Crippen molar-refractivity contribution in [1.29, 1.82) is 0 Å². The molecule has 0 fully saturated rings. The van der Waals surface area contributed by atoms with Gasteiger partial charge in [-0.15, -0.1) is 0 Å². The van der Waals surface area contributed by atoms with Gasteiger partial charge in [-0.05, 0) is 36.9 Å².